The number of nitrogens with two attached hydrogens (primary N) is 1. The minimum Gasteiger partial charge on any atom is -0.465 e. The number of anilines is 2. The van der Waals surface area contributed by atoms with Gasteiger partial charge in [0, 0.05) is 6.54 Å². The zero-order valence-corrected chi connectivity index (χ0v) is 12.7. The maximum absolute atomic E-state index is 11.6. The average Bonchev–Trinajstić information content (AvgIpc) is 2.70. The summed E-state index contributed by atoms with van der Waals surface area (Å²) in [5, 5.41) is 4.32. The highest BCUT2D eigenvalue weighted by Crippen LogP contribution is 2.41. The summed E-state index contributed by atoms with van der Waals surface area (Å²) in [4.78, 5) is 13.0. The topological polar surface area (TPSA) is 64.3 Å². The molecule has 0 saturated carbocycles. The lowest BCUT2D eigenvalue weighted by Crippen LogP contribution is -2.01. The first kappa shape index (κ1) is 15.2. The molecule has 4 nitrogen and oxygen atoms in total. The molecule has 0 aliphatic carbocycles. The highest BCUT2D eigenvalue weighted by molar-refractivity contribution is 7.99. The van der Waals surface area contributed by atoms with Crippen LogP contribution in [0.25, 0.3) is 0 Å². The third-order valence-electron chi connectivity index (χ3n) is 2.54. The summed E-state index contributed by atoms with van der Waals surface area (Å²) in [6, 6.07) is 0. The van der Waals surface area contributed by atoms with Crippen molar-refractivity contribution in [2.45, 2.75) is 31.1 Å². The van der Waals surface area contributed by atoms with Gasteiger partial charge in [-0.3, -0.25) is 0 Å². The molecule has 0 fully saturated rings. The normalized spacial score (nSPS) is 10.4. The Morgan fingerprint density at radius 3 is 2.78 bits per heavy atom. The molecule has 1 rings (SSSR count). The van der Waals surface area contributed by atoms with E-state index in [-0.39, 0.29) is 5.97 Å². The first-order valence-corrected chi connectivity index (χ1v) is 7.98. The molecule has 1 heterocycles. The lowest BCUT2D eigenvalue weighted by atomic mass is 10.2. The molecule has 1 aromatic rings. The van der Waals surface area contributed by atoms with Gasteiger partial charge >= 0.3 is 5.97 Å². The maximum Gasteiger partial charge on any atom is 0.350 e. The standard InChI is InChI=1S/C12H20N2O2S2/c1-4-5-6-7-14-11-9(17-3)8(13)10(18-11)12(15)16-2/h14H,4-7,13H2,1-3H3. The highest BCUT2D eigenvalue weighted by Gasteiger charge is 2.20. The smallest absolute Gasteiger partial charge is 0.350 e. The van der Waals surface area contributed by atoms with Crippen molar-refractivity contribution in [1.29, 1.82) is 0 Å². The number of hydrogen-bond acceptors (Lipinski definition) is 6. The van der Waals surface area contributed by atoms with E-state index < -0.39 is 0 Å². The van der Waals surface area contributed by atoms with Gasteiger partial charge in [0.1, 0.15) is 9.88 Å². The van der Waals surface area contributed by atoms with Crippen molar-refractivity contribution >= 4 is 39.8 Å². The van der Waals surface area contributed by atoms with Crippen molar-refractivity contribution in [3.05, 3.63) is 4.88 Å². The fourth-order valence-corrected chi connectivity index (χ4v) is 3.55. The molecule has 0 atom stereocenters. The molecule has 0 radical (unpaired) electrons. The summed E-state index contributed by atoms with van der Waals surface area (Å²) in [5.41, 5.74) is 6.50. The maximum atomic E-state index is 11.6. The monoisotopic (exact) mass is 288 g/mol. The van der Waals surface area contributed by atoms with Crippen LogP contribution < -0.4 is 11.1 Å². The van der Waals surface area contributed by atoms with Crippen LogP contribution in [0.1, 0.15) is 35.9 Å². The number of rotatable bonds is 7. The fraction of sp³-hybridized carbons (Fsp3) is 0.583. The number of unbranched alkanes of at least 4 members (excludes halogenated alkanes) is 2. The number of carbonyl (C=O) groups excluding carboxylic acids is 1. The van der Waals surface area contributed by atoms with Crippen molar-refractivity contribution in [3.8, 4) is 0 Å². The lowest BCUT2D eigenvalue weighted by molar-refractivity contribution is 0.0607. The predicted molar refractivity (Wildman–Crippen MR) is 79.9 cm³/mol. The second kappa shape index (κ2) is 7.53. The lowest BCUT2D eigenvalue weighted by Gasteiger charge is -2.05. The Morgan fingerprint density at radius 2 is 2.22 bits per heavy atom. The van der Waals surface area contributed by atoms with Gasteiger partial charge in [-0.1, -0.05) is 19.8 Å². The van der Waals surface area contributed by atoms with Gasteiger partial charge in [-0.25, -0.2) is 4.79 Å². The third kappa shape index (κ3) is 3.55. The van der Waals surface area contributed by atoms with Crippen LogP contribution in [0, 0.1) is 0 Å². The van der Waals surface area contributed by atoms with E-state index in [1.165, 1.54) is 31.3 Å². The summed E-state index contributed by atoms with van der Waals surface area (Å²) in [6.07, 6.45) is 5.47. The Bertz CT molecular complexity index is 405. The van der Waals surface area contributed by atoms with Crippen molar-refractivity contribution < 1.29 is 9.53 Å². The Balaban J connectivity index is 2.80. The molecule has 1 aromatic heterocycles. The molecule has 102 valence electrons. The Morgan fingerprint density at radius 1 is 1.50 bits per heavy atom. The van der Waals surface area contributed by atoms with Crippen molar-refractivity contribution in [1.82, 2.24) is 0 Å². The predicted octanol–water partition coefficient (Wildman–Crippen LogP) is 3.44. The Kier molecular flexibility index (Phi) is 6.35. The number of thiophene rings is 1. The molecule has 0 saturated heterocycles. The van der Waals surface area contributed by atoms with Gasteiger partial charge in [-0.2, -0.15) is 0 Å². The summed E-state index contributed by atoms with van der Waals surface area (Å²) < 4.78 is 4.73. The van der Waals surface area contributed by atoms with E-state index in [9.17, 15) is 4.79 Å². The zero-order valence-electron chi connectivity index (χ0n) is 11.0. The number of thioether (sulfide) groups is 1. The molecule has 0 unspecified atom stereocenters. The van der Waals surface area contributed by atoms with E-state index >= 15 is 0 Å². The number of ether oxygens (including phenoxy) is 1. The molecule has 0 aliphatic heterocycles. The SMILES string of the molecule is CCCCCNc1sc(C(=O)OC)c(N)c1SC. The zero-order chi connectivity index (χ0) is 13.5. The summed E-state index contributed by atoms with van der Waals surface area (Å²) in [7, 11) is 1.37. The van der Waals surface area contributed by atoms with Gasteiger partial charge in [-0.05, 0) is 12.7 Å². The molecule has 0 spiro atoms. The number of esters is 1. The van der Waals surface area contributed by atoms with Gasteiger partial charge in [0.15, 0.2) is 0 Å². The summed E-state index contributed by atoms with van der Waals surface area (Å²) in [5.74, 6) is -0.366. The quantitative estimate of drug-likeness (QED) is 0.457. The number of methoxy groups -OCH3 is 1. The Hall–Kier alpha value is -0.880. The molecule has 0 aliphatic rings. The number of nitrogens with one attached hydrogen (secondary N) is 1. The second-order valence-corrected chi connectivity index (χ2v) is 5.67. The van der Waals surface area contributed by atoms with Crippen LogP contribution >= 0.6 is 23.1 Å². The first-order chi connectivity index (χ1) is 8.65. The van der Waals surface area contributed by atoms with Gasteiger partial charge in [0.05, 0.1) is 17.7 Å². The van der Waals surface area contributed by atoms with Crippen LogP contribution in [-0.2, 0) is 4.74 Å². The van der Waals surface area contributed by atoms with E-state index in [0.717, 1.165) is 22.9 Å². The van der Waals surface area contributed by atoms with Crippen molar-refractivity contribution in [2.24, 2.45) is 0 Å². The van der Waals surface area contributed by atoms with E-state index in [2.05, 4.69) is 12.2 Å². The Labute approximate surface area is 116 Å². The van der Waals surface area contributed by atoms with Gasteiger partial charge in [0.25, 0.3) is 0 Å². The van der Waals surface area contributed by atoms with Gasteiger partial charge in [-0.15, -0.1) is 23.1 Å². The molecule has 3 N–H and O–H groups in total. The minimum atomic E-state index is -0.366. The third-order valence-corrected chi connectivity index (χ3v) is 4.65. The molecule has 18 heavy (non-hydrogen) atoms. The first-order valence-electron chi connectivity index (χ1n) is 5.94. The number of nitrogen functional groups attached to an aromatic ring is 1. The molecule has 0 amide bonds. The van der Waals surface area contributed by atoms with Gasteiger partial charge < -0.3 is 15.8 Å². The van der Waals surface area contributed by atoms with Crippen molar-refractivity contribution in [3.63, 3.8) is 0 Å². The minimum absolute atomic E-state index is 0.366. The van der Waals surface area contributed by atoms with Crippen LogP contribution in [0.5, 0.6) is 0 Å². The average molecular weight is 288 g/mol. The van der Waals surface area contributed by atoms with E-state index in [1.807, 2.05) is 6.26 Å². The molecule has 0 bridgehead atoms. The van der Waals surface area contributed by atoms with Crippen LogP contribution in [0.2, 0.25) is 0 Å². The van der Waals surface area contributed by atoms with Crippen LogP contribution in [0.15, 0.2) is 4.90 Å². The summed E-state index contributed by atoms with van der Waals surface area (Å²) in [6.45, 7) is 3.08. The number of carbonyl (C=O) groups is 1. The molecule has 6 heteroatoms. The van der Waals surface area contributed by atoms with Gasteiger partial charge in [0.2, 0.25) is 0 Å². The van der Waals surface area contributed by atoms with Crippen LogP contribution in [0.3, 0.4) is 0 Å². The molecular weight excluding hydrogens is 268 g/mol. The fourth-order valence-electron chi connectivity index (χ4n) is 1.57. The second-order valence-electron chi connectivity index (χ2n) is 3.83. The molecular formula is C12H20N2O2S2. The molecule has 0 aromatic carbocycles. The van der Waals surface area contributed by atoms with E-state index in [1.54, 1.807) is 11.8 Å². The summed E-state index contributed by atoms with van der Waals surface area (Å²) >= 11 is 2.92. The largest absolute Gasteiger partial charge is 0.465 e. The number of hydrogen-bond donors (Lipinski definition) is 2. The van der Waals surface area contributed by atoms with Crippen LogP contribution in [-0.4, -0.2) is 25.9 Å². The van der Waals surface area contributed by atoms with Crippen LogP contribution in [0.4, 0.5) is 10.7 Å². The van der Waals surface area contributed by atoms with E-state index in [0.29, 0.717) is 10.6 Å². The van der Waals surface area contributed by atoms with Crippen molar-refractivity contribution in [2.75, 3.05) is 31.0 Å². The highest BCUT2D eigenvalue weighted by atomic mass is 32.2. The van der Waals surface area contributed by atoms with E-state index in [4.69, 9.17) is 10.5 Å².